The standard InChI is InChI=1S/C6H12O.Al.3H/c1-3-4-5-6(2)7;;;;/h3-5H2,1-2H3;;;;. The third-order valence-corrected chi connectivity index (χ3v) is 0.882. The molecule has 0 rings (SSSR count). The van der Waals surface area contributed by atoms with Crippen molar-refractivity contribution in [2.75, 3.05) is 0 Å². The fourth-order valence-corrected chi connectivity index (χ4v) is 0.426. The molecular formula is C6H15AlO. The second-order valence-electron chi connectivity index (χ2n) is 1.81. The van der Waals surface area contributed by atoms with Gasteiger partial charge in [-0.05, 0) is 13.3 Å². The molecule has 0 aromatic carbocycles. The molecule has 0 atom stereocenters. The Bertz CT molecular complexity index is 61.5. The van der Waals surface area contributed by atoms with Crippen LogP contribution in [0.5, 0.6) is 0 Å². The molecule has 0 fully saturated rings. The molecule has 0 heterocycles. The van der Waals surface area contributed by atoms with Gasteiger partial charge in [-0.1, -0.05) is 13.3 Å². The van der Waals surface area contributed by atoms with E-state index >= 15 is 0 Å². The lowest BCUT2D eigenvalue weighted by atomic mass is 10.2. The number of unbranched alkanes of at least 4 members (excludes halogenated alkanes) is 1. The minimum absolute atomic E-state index is 0. The summed E-state index contributed by atoms with van der Waals surface area (Å²) in [6.45, 7) is 3.72. The van der Waals surface area contributed by atoms with Crippen molar-refractivity contribution in [2.24, 2.45) is 0 Å². The Morgan fingerprint density at radius 2 is 2.00 bits per heavy atom. The molecule has 2 heteroatoms. The second-order valence-corrected chi connectivity index (χ2v) is 1.81. The Labute approximate surface area is 61.6 Å². The van der Waals surface area contributed by atoms with Gasteiger partial charge in [0.1, 0.15) is 5.78 Å². The second kappa shape index (κ2) is 7.20. The van der Waals surface area contributed by atoms with Gasteiger partial charge in [-0.2, -0.15) is 0 Å². The number of hydrogen-bond acceptors (Lipinski definition) is 1. The van der Waals surface area contributed by atoms with Crippen LogP contribution in [0.1, 0.15) is 33.1 Å². The molecule has 0 spiro atoms. The largest absolute Gasteiger partial charge is 0.300 e. The molecule has 0 saturated heterocycles. The molecule has 1 nitrogen and oxygen atoms in total. The van der Waals surface area contributed by atoms with Gasteiger partial charge in [0.05, 0.1) is 0 Å². The van der Waals surface area contributed by atoms with E-state index in [0.717, 1.165) is 19.3 Å². The van der Waals surface area contributed by atoms with E-state index in [2.05, 4.69) is 6.92 Å². The number of carbonyl (C=O) groups excluding carboxylic acids is 1. The molecule has 0 unspecified atom stereocenters. The fraction of sp³-hybridized carbons (Fsp3) is 0.833. The minimum Gasteiger partial charge on any atom is -0.300 e. The molecule has 48 valence electrons. The monoisotopic (exact) mass is 130 g/mol. The van der Waals surface area contributed by atoms with Gasteiger partial charge in [-0.25, -0.2) is 0 Å². The highest BCUT2D eigenvalue weighted by Crippen LogP contribution is 1.92. The summed E-state index contributed by atoms with van der Waals surface area (Å²) in [5, 5.41) is 0. The zero-order valence-electron chi connectivity index (χ0n) is 5.03. The highest BCUT2D eigenvalue weighted by Gasteiger charge is 1.87. The summed E-state index contributed by atoms with van der Waals surface area (Å²) in [5.74, 6) is 0.307. The predicted octanol–water partition coefficient (Wildman–Crippen LogP) is 0.582. The van der Waals surface area contributed by atoms with Crippen LogP contribution in [0.4, 0.5) is 0 Å². The van der Waals surface area contributed by atoms with Crippen LogP contribution in [-0.2, 0) is 4.79 Å². The summed E-state index contributed by atoms with van der Waals surface area (Å²) >= 11 is 0. The third kappa shape index (κ3) is 9.51. The maximum absolute atomic E-state index is 10.2. The van der Waals surface area contributed by atoms with Crippen LogP contribution in [0.3, 0.4) is 0 Å². The van der Waals surface area contributed by atoms with E-state index in [-0.39, 0.29) is 17.4 Å². The van der Waals surface area contributed by atoms with Crippen molar-refractivity contribution in [1.82, 2.24) is 0 Å². The zero-order valence-corrected chi connectivity index (χ0v) is 5.03. The molecule has 0 aliphatic rings. The molecule has 0 aliphatic heterocycles. The van der Waals surface area contributed by atoms with Crippen LogP contribution in [0, 0.1) is 0 Å². The topological polar surface area (TPSA) is 17.1 Å². The Morgan fingerprint density at radius 3 is 2.12 bits per heavy atom. The van der Waals surface area contributed by atoms with Crippen molar-refractivity contribution in [1.29, 1.82) is 0 Å². The average Bonchev–Trinajstić information content (AvgIpc) is 1.61. The third-order valence-electron chi connectivity index (χ3n) is 0.882. The van der Waals surface area contributed by atoms with E-state index in [1.807, 2.05) is 0 Å². The van der Waals surface area contributed by atoms with Crippen molar-refractivity contribution >= 4 is 23.1 Å². The molecule has 0 saturated carbocycles. The lowest BCUT2D eigenvalue weighted by molar-refractivity contribution is -0.117. The van der Waals surface area contributed by atoms with Crippen LogP contribution in [0.15, 0.2) is 0 Å². The van der Waals surface area contributed by atoms with Crippen LogP contribution in [0.25, 0.3) is 0 Å². The molecule has 0 bridgehead atoms. The molecule has 0 amide bonds. The zero-order chi connectivity index (χ0) is 5.70. The molecule has 0 aromatic rings. The van der Waals surface area contributed by atoms with E-state index in [4.69, 9.17) is 0 Å². The van der Waals surface area contributed by atoms with Gasteiger partial charge < -0.3 is 4.79 Å². The summed E-state index contributed by atoms with van der Waals surface area (Å²) in [6.07, 6.45) is 2.94. The van der Waals surface area contributed by atoms with E-state index in [1.54, 1.807) is 6.92 Å². The molecular weight excluding hydrogens is 115 g/mol. The Hall–Kier alpha value is 0.202. The van der Waals surface area contributed by atoms with Gasteiger partial charge in [-0.3, -0.25) is 0 Å². The number of ketones is 1. The molecule has 8 heavy (non-hydrogen) atoms. The minimum atomic E-state index is 0. The summed E-state index contributed by atoms with van der Waals surface area (Å²) in [5.41, 5.74) is 0. The smallest absolute Gasteiger partial charge is 0.187 e. The van der Waals surface area contributed by atoms with Crippen molar-refractivity contribution in [3.8, 4) is 0 Å². The van der Waals surface area contributed by atoms with Crippen molar-refractivity contribution in [3.63, 3.8) is 0 Å². The SMILES string of the molecule is CCCCC(C)=O.[AlH3]. The Morgan fingerprint density at radius 1 is 1.50 bits per heavy atom. The quantitative estimate of drug-likeness (QED) is 0.511. The van der Waals surface area contributed by atoms with Crippen LogP contribution in [0.2, 0.25) is 0 Å². The highest BCUT2D eigenvalue weighted by atomic mass is 27.0. The van der Waals surface area contributed by atoms with Crippen molar-refractivity contribution in [2.45, 2.75) is 33.1 Å². The Kier molecular flexibility index (Phi) is 9.96. The summed E-state index contributed by atoms with van der Waals surface area (Å²) in [6, 6.07) is 0. The molecule has 0 radical (unpaired) electrons. The maximum atomic E-state index is 10.2. The summed E-state index contributed by atoms with van der Waals surface area (Å²) in [4.78, 5) is 10.2. The average molecular weight is 130 g/mol. The lowest BCUT2D eigenvalue weighted by Crippen LogP contribution is -1.86. The van der Waals surface area contributed by atoms with E-state index < -0.39 is 0 Å². The number of rotatable bonds is 3. The van der Waals surface area contributed by atoms with Crippen LogP contribution >= 0.6 is 0 Å². The van der Waals surface area contributed by atoms with Gasteiger partial charge >= 0.3 is 0 Å². The molecule has 0 aliphatic carbocycles. The van der Waals surface area contributed by atoms with Gasteiger partial charge in [-0.15, -0.1) is 0 Å². The van der Waals surface area contributed by atoms with E-state index in [1.165, 1.54) is 0 Å². The van der Waals surface area contributed by atoms with Crippen molar-refractivity contribution in [3.05, 3.63) is 0 Å². The van der Waals surface area contributed by atoms with Gasteiger partial charge in [0.25, 0.3) is 0 Å². The first kappa shape index (κ1) is 11.1. The molecule has 0 aromatic heterocycles. The Balaban J connectivity index is 0. The first-order chi connectivity index (χ1) is 3.27. The van der Waals surface area contributed by atoms with E-state index in [0.29, 0.717) is 5.78 Å². The van der Waals surface area contributed by atoms with Gasteiger partial charge in [0.2, 0.25) is 0 Å². The van der Waals surface area contributed by atoms with E-state index in [9.17, 15) is 4.79 Å². The summed E-state index contributed by atoms with van der Waals surface area (Å²) in [7, 11) is 0. The predicted molar refractivity (Wildman–Crippen MR) is 40.1 cm³/mol. The number of hydrogen-bond donors (Lipinski definition) is 0. The van der Waals surface area contributed by atoms with Crippen LogP contribution < -0.4 is 0 Å². The normalized spacial score (nSPS) is 7.75. The van der Waals surface area contributed by atoms with Gasteiger partial charge in [0.15, 0.2) is 17.4 Å². The summed E-state index contributed by atoms with van der Waals surface area (Å²) < 4.78 is 0. The van der Waals surface area contributed by atoms with Crippen LogP contribution in [-0.4, -0.2) is 23.1 Å². The molecule has 0 N–H and O–H groups in total. The first-order valence-corrected chi connectivity index (χ1v) is 2.76. The highest BCUT2D eigenvalue weighted by molar-refractivity contribution is 5.75. The fourth-order valence-electron chi connectivity index (χ4n) is 0.426. The maximum Gasteiger partial charge on any atom is 0.187 e. The van der Waals surface area contributed by atoms with Crippen molar-refractivity contribution < 1.29 is 4.79 Å². The lowest BCUT2D eigenvalue weighted by Gasteiger charge is -1.86. The number of carbonyl (C=O) groups is 1. The number of Topliss-reactive ketones (excluding diaryl/α,β-unsaturated/α-hetero) is 1. The van der Waals surface area contributed by atoms with Gasteiger partial charge in [0, 0.05) is 6.42 Å². The first-order valence-electron chi connectivity index (χ1n) is 2.76.